The highest BCUT2D eigenvalue weighted by atomic mass is 32.1. The van der Waals surface area contributed by atoms with Crippen molar-refractivity contribution in [2.45, 2.75) is 32.7 Å². The van der Waals surface area contributed by atoms with Gasteiger partial charge in [0.25, 0.3) is 0 Å². The van der Waals surface area contributed by atoms with Crippen LogP contribution in [0.2, 0.25) is 0 Å². The average Bonchev–Trinajstić information content (AvgIpc) is 2.95. The number of hydrogen-bond donors (Lipinski definition) is 1. The standard InChI is InChI=1S/C9H13N5S2/c1-3-5(10)8-12-13-9(15-8)7-6(4-2)11-14-16-7/h5H,3-4,10H2,1-2H3. The first kappa shape index (κ1) is 11.6. The van der Waals surface area contributed by atoms with Crippen molar-refractivity contribution in [1.29, 1.82) is 0 Å². The predicted octanol–water partition coefficient (Wildman–Crippen LogP) is 2.03. The maximum atomic E-state index is 5.91. The summed E-state index contributed by atoms with van der Waals surface area (Å²) in [5.41, 5.74) is 6.90. The van der Waals surface area contributed by atoms with Crippen LogP contribution in [0.3, 0.4) is 0 Å². The normalized spacial score (nSPS) is 12.9. The van der Waals surface area contributed by atoms with Crippen LogP contribution in [-0.2, 0) is 6.42 Å². The Balaban J connectivity index is 2.31. The maximum Gasteiger partial charge on any atom is 0.161 e. The molecule has 0 aliphatic rings. The molecule has 2 rings (SSSR count). The van der Waals surface area contributed by atoms with Crippen LogP contribution < -0.4 is 5.73 Å². The van der Waals surface area contributed by atoms with Gasteiger partial charge in [-0.3, -0.25) is 0 Å². The summed E-state index contributed by atoms with van der Waals surface area (Å²) >= 11 is 2.90. The lowest BCUT2D eigenvalue weighted by atomic mass is 10.3. The Hall–Kier alpha value is -0.920. The zero-order valence-electron chi connectivity index (χ0n) is 9.17. The zero-order chi connectivity index (χ0) is 11.5. The SMILES string of the molecule is CCc1nnsc1-c1nnc(C(N)CC)s1. The quantitative estimate of drug-likeness (QED) is 0.904. The van der Waals surface area contributed by atoms with E-state index >= 15 is 0 Å². The highest BCUT2D eigenvalue weighted by Crippen LogP contribution is 2.31. The summed E-state index contributed by atoms with van der Waals surface area (Å²) in [6.07, 6.45) is 1.73. The molecule has 2 heterocycles. The monoisotopic (exact) mass is 255 g/mol. The van der Waals surface area contributed by atoms with Gasteiger partial charge in [0.2, 0.25) is 0 Å². The van der Waals surface area contributed by atoms with Crippen LogP contribution >= 0.6 is 22.9 Å². The molecule has 0 radical (unpaired) electrons. The molecule has 0 amide bonds. The van der Waals surface area contributed by atoms with Gasteiger partial charge >= 0.3 is 0 Å². The summed E-state index contributed by atoms with van der Waals surface area (Å²) < 4.78 is 3.94. The lowest BCUT2D eigenvalue weighted by molar-refractivity contribution is 0.683. The van der Waals surface area contributed by atoms with Crippen molar-refractivity contribution in [2.24, 2.45) is 5.73 Å². The van der Waals surface area contributed by atoms with Gasteiger partial charge in [0.1, 0.15) is 9.88 Å². The Morgan fingerprint density at radius 1 is 1.25 bits per heavy atom. The van der Waals surface area contributed by atoms with Gasteiger partial charge < -0.3 is 5.73 Å². The molecule has 2 aromatic heterocycles. The highest BCUT2D eigenvalue weighted by molar-refractivity contribution is 7.19. The summed E-state index contributed by atoms with van der Waals surface area (Å²) in [5.74, 6) is 0. The lowest BCUT2D eigenvalue weighted by Crippen LogP contribution is -2.07. The number of hydrogen-bond acceptors (Lipinski definition) is 7. The Kier molecular flexibility index (Phi) is 3.57. The molecule has 0 aliphatic heterocycles. The molecular weight excluding hydrogens is 242 g/mol. The van der Waals surface area contributed by atoms with E-state index in [1.165, 1.54) is 22.9 Å². The van der Waals surface area contributed by atoms with Crippen LogP contribution in [0.4, 0.5) is 0 Å². The smallest absolute Gasteiger partial charge is 0.161 e. The van der Waals surface area contributed by atoms with Crippen molar-refractivity contribution in [3.05, 3.63) is 10.7 Å². The Labute approximate surface area is 102 Å². The predicted molar refractivity (Wildman–Crippen MR) is 65.4 cm³/mol. The third kappa shape index (κ3) is 2.11. The molecule has 7 heteroatoms. The number of aromatic nitrogens is 4. The topological polar surface area (TPSA) is 77.6 Å². The van der Waals surface area contributed by atoms with E-state index in [0.717, 1.165) is 33.4 Å². The summed E-state index contributed by atoms with van der Waals surface area (Å²) in [4.78, 5) is 1.02. The molecule has 2 aromatic rings. The van der Waals surface area contributed by atoms with Crippen LogP contribution in [0, 0.1) is 0 Å². The highest BCUT2D eigenvalue weighted by Gasteiger charge is 2.16. The van der Waals surface area contributed by atoms with E-state index in [9.17, 15) is 0 Å². The van der Waals surface area contributed by atoms with Gasteiger partial charge in [-0.2, -0.15) is 0 Å². The van der Waals surface area contributed by atoms with E-state index in [1.807, 2.05) is 6.92 Å². The molecule has 5 nitrogen and oxygen atoms in total. The average molecular weight is 255 g/mol. The van der Waals surface area contributed by atoms with Crippen LogP contribution in [0.25, 0.3) is 9.88 Å². The molecule has 0 spiro atoms. The molecule has 0 fully saturated rings. The molecule has 86 valence electrons. The van der Waals surface area contributed by atoms with Crippen LogP contribution in [0.5, 0.6) is 0 Å². The van der Waals surface area contributed by atoms with E-state index in [4.69, 9.17) is 5.73 Å². The Morgan fingerprint density at radius 3 is 2.75 bits per heavy atom. The van der Waals surface area contributed by atoms with Gasteiger partial charge in [0.15, 0.2) is 5.01 Å². The number of rotatable bonds is 4. The third-order valence-corrected chi connectivity index (χ3v) is 4.26. The van der Waals surface area contributed by atoms with Gasteiger partial charge in [0.05, 0.1) is 11.7 Å². The Bertz CT molecular complexity index is 464. The minimum Gasteiger partial charge on any atom is -0.322 e. The van der Waals surface area contributed by atoms with Gasteiger partial charge in [-0.05, 0) is 24.4 Å². The minimum atomic E-state index is -0.0165. The molecule has 0 bridgehead atoms. The van der Waals surface area contributed by atoms with E-state index in [1.54, 1.807) is 0 Å². The molecule has 16 heavy (non-hydrogen) atoms. The summed E-state index contributed by atoms with van der Waals surface area (Å²) in [5, 5.41) is 14.1. The fraction of sp³-hybridized carbons (Fsp3) is 0.556. The first-order valence-electron chi connectivity index (χ1n) is 5.16. The number of aryl methyl sites for hydroxylation is 1. The van der Waals surface area contributed by atoms with Crippen molar-refractivity contribution in [3.8, 4) is 9.88 Å². The van der Waals surface area contributed by atoms with Gasteiger partial charge in [-0.1, -0.05) is 29.7 Å². The minimum absolute atomic E-state index is 0.0165. The van der Waals surface area contributed by atoms with Crippen LogP contribution in [0.15, 0.2) is 0 Å². The molecule has 0 saturated carbocycles. The molecule has 0 aliphatic carbocycles. The number of nitrogens with zero attached hydrogens (tertiary/aromatic N) is 4. The fourth-order valence-corrected chi connectivity index (χ4v) is 3.01. The van der Waals surface area contributed by atoms with Crippen molar-refractivity contribution in [2.75, 3.05) is 0 Å². The van der Waals surface area contributed by atoms with E-state index < -0.39 is 0 Å². The molecule has 2 N–H and O–H groups in total. The van der Waals surface area contributed by atoms with E-state index in [2.05, 4.69) is 26.7 Å². The number of nitrogens with two attached hydrogens (primary N) is 1. The first-order chi connectivity index (χ1) is 7.76. The van der Waals surface area contributed by atoms with Crippen LogP contribution in [-0.4, -0.2) is 19.8 Å². The van der Waals surface area contributed by atoms with Gasteiger partial charge in [-0.15, -0.1) is 15.3 Å². The van der Waals surface area contributed by atoms with Crippen LogP contribution in [0.1, 0.15) is 37.0 Å². The molecule has 0 aromatic carbocycles. The maximum absolute atomic E-state index is 5.91. The second-order valence-corrected chi connectivity index (χ2v) is 5.13. The molecule has 1 unspecified atom stereocenters. The fourth-order valence-electron chi connectivity index (χ4n) is 1.25. The van der Waals surface area contributed by atoms with Crippen molar-refractivity contribution >= 4 is 22.9 Å². The summed E-state index contributed by atoms with van der Waals surface area (Å²) in [6.45, 7) is 4.09. The second kappa shape index (κ2) is 4.94. The van der Waals surface area contributed by atoms with Gasteiger partial charge in [0, 0.05) is 0 Å². The molecular formula is C9H13N5S2. The molecule has 0 saturated heterocycles. The van der Waals surface area contributed by atoms with Crippen molar-refractivity contribution < 1.29 is 0 Å². The first-order valence-corrected chi connectivity index (χ1v) is 6.75. The van der Waals surface area contributed by atoms with Crippen molar-refractivity contribution in [1.82, 2.24) is 19.8 Å². The van der Waals surface area contributed by atoms with E-state index in [0.29, 0.717) is 0 Å². The van der Waals surface area contributed by atoms with E-state index in [-0.39, 0.29) is 6.04 Å². The summed E-state index contributed by atoms with van der Waals surface area (Å²) in [7, 11) is 0. The van der Waals surface area contributed by atoms with Crippen molar-refractivity contribution in [3.63, 3.8) is 0 Å². The van der Waals surface area contributed by atoms with Gasteiger partial charge in [-0.25, -0.2) is 0 Å². The zero-order valence-corrected chi connectivity index (χ0v) is 10.8. The molecule has 1 atom stereocenters. The largest absolute Gasteiger partial charge is 0.322 e. The third-order valence-electron chi connectivity index (χ3n) is 2.28. The Morgan fingerprint density at radius 2 is 2.06 bits per heavy atom. The second-order valence-electron chi connectivity index (χ2n) is 3.36. The lowest BCUT2D eigenvalue weighted by Gasteiger charge is -2.00. The summed E-state index contributed by atoms with van der Waals surface area (Å²) in [6, 6.07) is -0.0165.